The van der Waals surface area contributed by atoms with Crippen LogP contribution in [0.4, 0.5) is 5.69 Å². The van der Waals surface area contributed by atoms with Gasteiger partial charge >= 0.3 is 0 Å². The second-order valence-corrected chi connectivity index (χ2v) is 6.13. The fourth-order valence-corrected chi connectivity index (χ4v) is 3.11. The number of carbonyl (C=O) groups is 1. The highest BCUT2D eigenvalue weighted by Gasteiger charge is 2.48. The van der Waals surface area contributed by atoms with Gasteiger partial charge in [-0.05, 0) is 44.7 Å². The Balaban J connectivity index is 1.93. The molecule has 0 aliphatic heterocycles. The van der Waals surface area contributed by atoms with Crippen molar-refractivity contribution < 1.29 is 14.3 Å². The molecule has 1 atom stereocenters. The molecule has 4 heteroatoms. The number of nitrogens with one attached hydrogen (secondary N) is 1. The summed E-state index contributed by atoms with van der Waals surface area (Å²) in [5.41, 5.74) is 0.0356. The number of rotatable bonds is 6. The molecule has 1 aliphatic carbocycles. The number of amides is 1. The van der Waals surface area contributed by atoms with E-state index in [9.17, 15) is 4.79 Å². The van der Waals surface area contributed by atoms with E-state index in [-0.39, 0.29) is 5.91 Å². The van der Waals surface area contributed by atoms with E-state index in [1.54, 1.807) is 7.11 Å². The maximum absolute atomic E-state index is 12.8. The summed E-state index contributed by atoms with van der Waals surface area (Å²) in [7, 11) is 1.65. The molecule has 1 unspecified atom stereocenters. The van der Waals surface area contributed by atoms with Crippen LogP contribution in [0.15, 0.2) is 36.4 Å². The summed E-state index contributed by atoms with van der Waals surface area (Å²) in [6, 6.07) is 11.7. The summed E-state index contributed by atoms with van der Waals surface area (Å²) in [5.74, 6) is 1.04. The van der Waals surface area contributed by atoms with E-state index in [0.29, 0.717) is 12.5 Å². The van der Waals surface area contributed by atoms with Crippen molar-refractivity contribution in [2.75, 3.05) is 19.0 Å². The normalized spacial score (nSPS) is 16.8. The van der Waals surface area contributed by atoms with Gasteiger partial charge in [0.1, 0.15) is 11.4 Å². The standard InChI is InChI=1S/C19H23NO3/c1-4-23-19(2,13-9-10-13)18(21)20-16-11-12-17(22-3)15-8-6-5-7-14(15)16/h5-8,11-13H,4,9-10H2,1-3H3,(H,20,21). The maximum Gasteiger partial charge on any atom is 0.256 e. The van der Waals surface area contributed by atoms with Crippen molar-refractivity contribution in [2.24, 2.45) is 5.92 Å². The Bertz CT molecular complexity index is 724. The molecular weight excluding hydrogens is 290 g/mol. The summed E-state index contributed by atoms with van der Waals surface area (Å²) in [6.07, 6.45) is 2.10. The first kappa shape index (κ1) is 15.8. The minimum absolute atomic E-state index is 0.0721. The van der Waals surface area contributed by atoms with Crippen LogP contribution in [0.25, 0.3) is 10.8 Å². The van der Waals surface area contributed by atoms with Gasteiger partial charge in [-0.3, -0.25) is 4.79 Å². The third-order valence-corrected chi connectivity index (χ3v) is 4.60. The number of methoxy groups -OCH3 is 1. The highest BCUT2D eigenvalue weighted by atomic mass is 16.5. The van der Waals surface area contributed by atoms with Crippen molar-refractivity contribution in [3.05, 3.63) is 36.4 Å². The average Bonchev–Trinajstić information content (AvgIpc) is 3.40. The van der Waals surface area contributed by atoms with E-state index in [4.69, 9.17) is 9.47 Å². The van der Waals surface area contributed by atoms with Crippen LogP contribution in [-0.2, 0) is 9.53 Å². The van der Waals surface area contributed by atoms with Crippen molar-refractivity contribution >= 4 is 22.4 Å². The first-order valence-electron chi connectivity index (χ1n) is 8.11. The SMILES string of the molecule is CCOC(C)(C(=O)Nc1ccc(OC)c2ccccc12)C1CC1. The van der Waals surface area contributed by atoms with Crippen molar-refractivity contribution in [1.82, 2.24) is 0 Å². The average molecular weight is 313 g/mol. The van der Waals surface area contributed by atoms with Gasteiger partial charge in [-0.2, -0.15) is 0 Å². The molecule has 0 saturated heterocycles. The van der Waals surface area contributed by atoms with E-state index in [0.717, 1.165) is 35.1 Å². The molecular formula is C19H23NO3. The molecule has 1 aliphatic rings. The molecule has 1 saturated carbocycles. The lowest BCUT2D eigenvalue weighted by Gasteiger charge is -2.28. The van der Waals surface area contributed by atoms with Crippen LogP contribution < -0.4 is 10.1 Å². The minimum Gasteiger partial charge on any atom is -0.496 e. The summed E-state index contributed by atoms with van der Waals surface area (Å²) in [6.45, 7) is 4.36. The zero-order valence-electron chi connectivity index (χ0n) is 13.9. The topological polar surface area (TPSA) is 47.6 Å². The van der Waals surface area contributed by atoms with Gasteiger partial charge in [0.15, 0.2) is 0 Å². The predicted octanol–water partition coefficient (Wildman–Crippen LogP) is 3.99. The fourth-order valence-electron chi connectivity index (χ4n) is 3.11. The molecule has 122 valence electrons. The molecule has 1 fully saturated rings. The van der Waals surface area contributed by atoms with Crippen LogP contribution in [0.5, 0.6) is 5.75 Å². The molecule has 0 heterocycles. The van der Waals surface area contributed by atoms with Gasteiger partial charge in [-0.15, -0.1) is 0 Å². The van der Waals surface area contributed by atoms with Crippen molar-refractivity contribution in [3.8, 4) is 5.75 Å². The smallest absolute Gasteiger partial charge is 0.256 e. The second kappa shape index (κ2) is 6.20. The first-order chi connectivity index (χ1) is 11.1. The van der Waals surface area contributed by atoms with Crippen LogP contribution >= 0.6 is 0 Å². The number of hydrogen-bond donors (Lipinski definition) is 1. The lowest BCUT2D eigenvalue weighted by atomic mass is 9.98. The van der Waals surface area contributed by atoms with E-state index in [1.807, 2.05) is 50.2 Å². The molecule has 2 aromatic carbocycles. The number of ether oxygens (including phenoxy) is 2. The van der Waals surface area contributed by atoms with Gasteiger partial charge in [0.25, 0.3) is 5.91 Å². The van der Waals surface area contributed by atoms with E-state index in [2.05, 4.69) is 5.32 Å². The monoisotopic (exact) mass is 313 g/mol. The van der Waals surface area contributed by atoms with Gasteiger partial charge in [-0.1, -0.05) is 24.3 Å². The van der Waals surface area contributed by atoms with Crippen molar-refractivity contribution in [2.45, 2.75) is 32.3 Å². The van der Waals surface area contributed by atoms with Crippen LogP contribution in [0, 0.1) is 5.92 Å². The molecule has 0 aromatic heterocycles. The number of benzene rings is 2. The Kier molecular flexibility index (Phi) is 4.26. The minimum atomic E-state index is -0.754. The van der Waals surface area contributed by atoms with Gasteiger partial charge in [0, 0.05) is 23.1 Å². The zero-order valence-corrected chi connectivity index (χ0v) is 13.9. The van der Waals surface area contributed by atoms with Crippen molar-refractivity contribution in [3.63, 3.8) is 0 Å². The number of hydrogen-bond acceptors (Lipinski definition) is 3. The molecule has 2 aromatic rings. The van der Waals surface area contributed by atoms with E-state index >= 15 is 0 Å². The largest absolute Gasteiger partial charge is 0.496 e. The highest BCUT2D eigenvalue weighted by Crippen LogP contribution is 2.43. The first-order valence-corrected chi connectivity index (χ1v) is 8.11. The van der Waals surface area contributed by atoms with Gasteiger partial charge in [-0.25, -0.2) is 0 Å². The maximum atomic E-state index is 12.8. The highest BCUT2D eigenvalue weighted by molar-refractivity contribution is 6.06. The van der Waals surface area contributed by atoms with Crippen LogP contribution in [0.2, 0.25) is 0 Å². The Morgan fingerprint density at radius 1 is 1.22 bits per heavy atom. The van der Waals surface area contributed by atoms with Gasteiger partial charge < -0.3 is 14.8 Å². The van der Waals surface area contributed by atoms with Gasteiger partial charge in [0.05, 0.1) is 7.11 Å². The van der Waals surface area contributed by atoms with Gasteiger partial charge in [0.2, 0.25) is 0 Å². The lowest BCUT2D eigenvalue weighted by molar-refractivity contribution is -0.141. The van der Waals surface area contributed by atoms with Crippen LogP contribution in [0.1, 0.15) is 26.7 Å². The fraction of sp³-hybridized carbons (Fsp3) is 0.421. The molecule has 23 heavy (non-hydrogen) atoms. The van der Waals surface area contributed by atoms with E-state index in [1.165, 1.54) is 0 Å². The number of fused-ring (bicyclic) bond motifs is 1. The third-order valence-electron chi connectivity index (χ3n) is 4.60. The summed E-state index contributed by atoms with van der Waals surface area (Å²) >= 11 is 0. The Morgan fingerprint density at radius 2 is 1.91 bits per heavy atom. The number of carbonyl (C=O) groups excluding carboxylic acids is 1. The molecule has 3 rings (SSSR count). The van der Waals surface area contributed by atoms with Crippen molar-refractivity contribution in [1.29, 1.82) is 0 Å². The predicted molar refractivity (Wildman–Crippen MR) is 91.9 cm³/mol. The summed E-state index contributed by atoms with van der Waals surface area (Å²) in [5, 5.41) is 5.01. The molecule has 0 radical (unpaired) electrons. The summed E-state index contributed by atoms with van der Waals surface area (Å²) in [4.78, 5) is 12.8. The molecule has 1 N–H and O–H groups in total. The quantitative estimate of drug-likeness (QED) is 0.877. The van der Waals surface area contributed by atoms with Crippen LogP contribution in [0.3, 0.4) is 0 Å². The Morgan fingerprint density at radius 3 is 2.52 bits per heavy atom. The Hall–Kier alpha value is -2.07. The zero-order chi connectivity index (χ0) is 16.4. The lowest BCUT2D eigenvalue weighted by Crippen LogP contribution is -2.44. The Labute approximate surface area is 136 Å². The molecule has 0 spiro atoms. The second-order valence-electron chi connectivity index (χ2n) is 6.13. The van der Waals surface area contributed by atoms with E-state index < -0.39 is 5.60 Å². The van der Waals surface area contributed by atoms with Crippen LogP contribution in [-0.4, -0.2) is 25.2 Å². The molecule has 4 nitrogen and oxygen atoms in total. The summed E-state index contributed by atoms with van der Waals surface area (Å²) < 4.78 is 11.2. The number of anilines is 1. The third kappa shape index (κ3) is 2.91. The molecule has 1 amide bonds. The molecule has 0 bridgehead atoms.